The molecule has 3 rings (SSSR count). The van der Waals surface area contributed by atoms with Gasteiger partial charge in [0.15, 0.2) is 0 Å². The highest BCUT2D eigenvalue weighted by atomic mass is 16.2. The van der Waals surface area contributed by atoms with Crippen LogP contribution in [-0.2, 0) is 4.79 Å². The average Bonchev–Trinajstić information content (AvgIpc) is 3.32. The van der Waals surface area contributed by atoms with Gasteiger partial charge in [-0.2, -0.15) is 0 Å². The van der Waals surface area contributed by atoms with Crippen LogP contribution in [-0.4, -0.2) is 56.5 Å². The largest absolute Gasteiger partial charge is 0.375 e. The molecule has 2 amide bonds. The van der Waals surface area contributed by atoms with Crippen LogP contribution in [0.2, 0.25) is 0 Å². The summed E-state index contributed by atoms with van der Waals surface area (Å²) in [5, 5.41) is 2.99. The first-order chi connectivity index (χ1) is 15.8. The van der Waals surface area contributed by atoms with Gasteiger partial charge in [0.05, 0.1) is 6.04 Å². The van der Waals surface area contributed by atoms with Crippen molar-refractivity contribution in [1.29, 1.82) is 0 Å². The summed E-state index contributed by atoms with van der Waals surface area (Å²) in [6, 6.07) is 16.0. The summed E-state index contributed by atoms with van der Waals surface area (Å²) in [6.07, 6.45) is 3.33. The Bertz CT molecular complexity index is 926. The third kappa shape index (κ3) is 6.50. The van der Waals surface area contributed by atoms with Crippen molar-refractivity contribution in [2.75, 3.05) is 48.8 Å². The molecule has 1 aliphatic rings. The molecule has 1 fully saturated rings. The fourth-order valence-electron chi connectivity index (χ4n) is 4.12. The molecule has 2 aromatic carbocycles. The van der Waals surface area contributed by atoms with Gasteiger partial charge < -0.3 is 20.0 Å². The lowest BCUT2D eigenvalue weighted by Crippen LogP contribution is -2.37. The lowest BCUT2D eigenvalue weighted by Gasteiger charge is -2.24. The summed E-state index contributed by atoms with van der Waals surface area (Å²) in [4.78, 5) is 30.7. The van der Waals surface area contributed by atoms with Crippen LogP contribution in [0.1, 0.15) is 50.4 Å². The maximum absolute atomic E-state index is 12.7. The lowest BCUT2D eigenvalue weighted by atomic mass is 10.1. The molecule has 6 nitrogen and oxygen atoms in total. The van der Waals surface area contributed by atoms with E-state index >= 15 is 0 Å². The van der Waals surface area contributed by atoms with Crippen molar-refractivity contribution in [1.82, 2.24) is 4.90 Å². The minimum absolute atomic E-state index is 0.102. The van der Waals surface area contributed by atoms with Crippen LogP contribution in [0.3, 0.4) is 0 Å². The highest BCUT2D eigenvalue weighted by molar-refractivity contribution is 6.04. The molecule has 1 saturated heterocycles. The Morgan fingerprint density at radius 1 is 1.09 bits per heavy atom. The maximum Gasteiger partial charge on any atom is 0.255 e. The van der Waals surface area contributed by atoms with E-state index in [4.69, 9.17) is 0 Å². The number of likely N-dealkylation sites (N-methyl/N-ethyl adjacent to an activating group) is 1. The molecule has 1 heterocycles. The summed E-state index contributed by atoms with van der Waals surface area (Å²) >= 11 is 0. The van der Waals surface area contributed by atoms with Gasteiger partial charge in [0.25, 0.3) is 5.91 Å². The van der Waals surface area contributed by atoms with E-state index < -0.39 is 0 Å². The van der Waals surface area contributed by atoms with Crippen LogP contribution < -0.4 is 15.1 Å². The number of nitrogens with zero attached hydrogens (tertiary/aromatic N) is 3. The molecule has 0 spiro atoms. The quantitative estimate of drug-likeness (QED) is 0.592. The zero-order valence-corrected chi connectivity index (χ0v) is 20.7. The lowest BCUT2D eigenvalue weighted by molar-refractivity contribution is -0.129. The first-order valence-electron chi connectivity index (χ1n) is 12.0. The zero-order valence-electron chi connectivity index (χ0n) is 20.7. The third-order valence-corrected chi connectivity index (χ3v) is 6.92. The fourth-order valence-corrected chi connectivity index (χ4v) is 4.12. The molecular formula is C27H38N4O2. The van der Waals surface area contributed by atoms with E-state index in [0.717, 1.165) is 55.5 Å². The highest BCUT2D eigenvalue weighted by Crippen LogP contribution is 2.25. The van der Waals surface area contributed by atoms with Crippen molar-refractivity contribution in [3.63, 3.8) is 0 Å². The molecule has 178 valence electrons. The molecule has 2 unspecified atom stereocenters. The van der Waals surface area contributed by atoms with Gasteiger partial charge in [-0.15, -0.1) is 0 Å². The van der Waals surface area contributed by atoms with Crippen molar-refractivity contribution >= 4 is 28.9 Å². The average molecular weight is 451 g/mol. The number of hydrogen-bond acceptors (Lipinski definition) is 4. The zero-order chi connectivity index (χ0) is 24.0. The second kappa shape index (κ2) is 11.2. The molecule has 0 radical (unpaired) electrons. The van der Waals surface area contributed by atoms with Gasteiger partial charge >= 0.3 is 0 Å². The van der Waals surface area contributed by atoms with E-state index in [1.807, 2.05) is 60.5 Å². The van der Waals surface area contributed by atoms with Crippen molar-refractivity contribution in [3.8, 4) is 0 Å². The van der Waals surface area contributed by atoms with Gasteiger partial charge in [-0.1, -0.05) is 20.3 Å². The third-order valence-electron chi connectivity index (χ3n) is 6.92. The number of anilines is 3. The van der Waals surface area contributed by atoms with Gasteiger partial charge in [-0.3, -0.25) is 9.59 Å². The maximum atomic E-state index is 12.7. The summed E-state index contributed by atoms with van der Waals surface area (Å²) < 4.78 is 0. The molecular weight excluding hydrogens is 412 g/mol. The van der Waals surface area contributed by atoms with Gasteiger partial charge in [-0.05, 0) is 67.3 Å². The minimum atomic E-state index is -0.110. The van der Waals surface area contributed by atoms with Crippen molar-refractivity contribution in [2.45, 2.75) is 46.1 Å². The molecule has 2 atom stereocenters. The van der Waals surface area contributed by atoms with Crippen LogP contribution in [0.5, 0.6) is 0 Å². The number of rotatable bonds is 9. The van der Waals surface area contributed by atoms with Crippen LogP contribution in [0.15, 0.2) is 48.5 Å². The molecule has 1 aliphatic heterocycles. The van der Waals surface area contributed by atoms with Crippen LogP contribution in [0, 0.1) is 5.92 Å². The fraction of sp³-hybridized carbons (Fsp3) is 0.481. The number of carbonyl (C=O) groups excluding carboxylic acids is 2. The van der Waals surface area contributed by atoms with E-state index in [2.05, 4.69) is 36.0 Å². The summed E-state index contributed by atoms with van der Waals surface area (Å²) in [6.45, 7) is 8.88. The van der Waals surface area contributed by atoms with Crippen LogP contribution in [0.4, 0.5) is 17.1 Å². The molecule has 0 saturated carbocycles. The molecule has 6 heteroatoms. The standard InChI is InChI=1S/C27H38N4O2/c1-6-20(2)15-17-29(4)24-11-7-22(8-12-24)27(33)28-23-9-13-25(14-10-23)31-18-16-26(19-31)30(5)21(3)32/h7-14,20,26H,6,15-19H2,1-5H3,(H,28,33). The van der Waals surface area contributed by atoms with E-state index in [-0.39, 0.29) is 17.9 Å². The monoisotopic (exact) mass is 450 g/mol. The predicted molar refractivity (Wildman–Crippen MR) is 137 cm³/mol. The Kier molecular flexibility index (Phi) is 8.37. The number of nitrogens with one attached hydrogen (secondary N) is 1. The second-order valence-corrected chi connectivity index (χ2v) is 9.29. The molecule has 0 aromatic heterocycles. The number of hydrogen-bond donors (Lipinski definition) is 1. The summed E-state index contributed by atoms with van der Waals surface area (Å²) in [5.74, 6) is 0.712. The van der Waals surface area contributed by atoms with Gasteiger partial charge in [0.2, 0.25) is 5.91 Å². The van der Waals surface area contributed by atoms with E-state index in [0.29, 0.717) is 5.56 Å². The van der Waals surface area contributed by atoms with Crippen molar-refractivity contribution < 1.29 is 9.59 Å². The van der Waals surface area contributed by atoms with Crippen LogP contribution in [0.25, 0.3) is 0 Å². The minimum Gasteiger partial charge on any atom is -0.375 e. The smallest absolute Gasteiger partial charge is 0.255 e. The van der Waals surface area contributed by atoms with Gasteiger partial charge in [0.1, 0.15) is 0 Å². The van der Waals surface area contributed by atoms with E-state index in [9.17, 15) is 9.59 Å². The highest BCUT2D eigenvalue weighted by Gasteiger charge is 2.27. The summed E-state index contributed by atoms with van der Waals surface area (Å²) in [7, 11) is 3.96. The Balaban J connectivity index is 1.54. The second-order valence-electron chi connectivity index (χ2n) is 9.29. The molecule has 1 N–H and O–H groups in total. The van der Waals surface area contributed by atoms with E-state index in [1.54, 1.807) is 6.92 Å². The van der Waals surface area contributed by atoms with Crippen molar-refractivity contribution in [3.05, 3.63) is 54.1 Å². The van der Waals surface area contributed by atoms with E-state index in [1.165, 1.54) is 6.42 Å². The van der Waals surface area contributed by atoms with Crippen molar-refractivity contribution in [2.24, 2.45) is 5.92 Å². The molecule has 2 aromatic rings. The molecule has 33 heavy (non-hydrogen) atoms. The Morgan fingerprint density at radius 2 is 1.76 bits per heavy atom. The Hall–Kier alpha value is -3.02. The Morgan fingerprint density at radius 3 is 2.36 bits per heavy atom. The van der Waals surface area contributed by atoms with Crippen LogP contribution >= 0.6 is 0 Å². The summed E-state index contributed by atoms with van der Waals surface area (Å²) in [5.41, 5.74) is 3.65. The normalized spacial score (nSPS) is 16.4. The number of amides is 2. The number of benzene rings is 2. The molecule has 0 bridgehead atoms. The SMILES string of the molecule is CCC(C)CCN(C)c1ccc(C(=O)Nc2ccc(N3CCC(N(C)C(C)=O)C3)cc2)cc1. The molecule has 0 aliphatic carbocycles. The first-order valence-corrected chi connectivity index (χ1v) is 12.0. The van der Waals surface area contributed by atoms with Gasteiger partial charge in [0, 0.05) is 63.3 Å². The Labute approximate surface area is 198 Å². The number of carbonyl (C=O) groups is 2. The van der Waals surface area contributed by atoms with Gasteiger partial charge in [-0.25, -0.2) is 0 Å². The topological polar surface area (TPSA) is 55.9 Å². The predicted octanol–water partition coefficient (Wildman–Crippen LogP) is 4.87. The first kappa shape index (κ1) is 24.6.